The van der Waals surface area contributed by atoms with Gasteiger partial charge in [0.1, 0.15) is 12.7 Å². The third-order valence-electron chi connectivity index (χ3n) is 3.89. The molecule has 20 heavy (non-hydrogen) atoms. The van der Waals surface area contributed by atoms with E-state index in [9.17, 15) is 9.90 Å². The van der Waals surface area contributed by atoms with Crippen molar-refractivity contribution in [2.45, 2.75) is 31.2 Å². The number of hydrogen-bond donors (Lipinski definition) is 1. The predicted molar refractivity (Wildman–Crippen MR) is 72.1 cm³/mol. The average Bonchev–Trinajstić information content (AvgIpc) is 3.25. The minimum atomic E-state index is -0.724. The van der Waals surface area contributed by atoms with E-state index in [2.05, 4.69) is 0 Å². The number of aliphatic hydroxyl groups is 1. The lowest BCUT2D eigenvalue weighted by Gasteiger charge is -2.34. The molecule has 5 heteroatoms. The van der Waals surface area contributed by atoms with E-state index in [0.717, 1.165) is 18.4 Å². The summed E-state index contributed by atoms with van der Waals surface area (Å²) in [5, 5.41) is 10.1. The van der Waals surface area contributed by atoms with Crippen LogP contribution in [-0.4, -0.2) is 47.5 Å². The van der Waals surface area contributed by atoms with E-state index in [1.807, 2.05) is 30.3 Å². The van der Waals surface area contributed by atoms with Crippen LogP contribution in [0.2, 0.25) is 0 Å². The number of nitrogens with zero attached hydrogens (tertiary/aromatic N) is 1. The standard InChI is InChI=1S/C15H19NO4/c17-14(20-11-12-4-2-1-3-5-12)16-8-9-19-13(10-16)15(18)6-7-15/h1-5,13,18H,6-11H2. The highest BCUT2D eigenvalue weighted by Gasteiger charge is 2.50. The van der Waals surface area contributed by atoms with Crippen LogP contribution >= 0.6 is 0 Å². The Bertz CT molecular complexity index is 472. The Labute approximate surface area is 118 Å². The van der Waals surface area contributed by atoms with Gasteiger partial charge in [-0.1, -0.05) is 30.3 Å². The molecule has 2 aliphatic rings. The van der Waals surface area contributed by atoms with Crippen molar-refractivity contribution in [2.75, 3.05) is 19.7 Å². The molecule has 1 atom stereocenters. The normalized spacial score (nSPS) is 24.2. The van der Waals surface area contributed by atoms with E-state index in [0.29, 0.717) is 19.7 Å². The summed E-state index contributed by atoms with van der Waals surface area (Å²) in [5.41, 5.74) is 0.241. The topological polar surface area (TPSA) is 59.0 Å². The fourth-order valence-electron chi connectivity index (χ4n) is 2.40. The summed E-state index contributed by atoms with van der Waals surface area (Å²) in [4.78, 5) is 13.6. The number of carbonyl (C=O) groups is 1. The molecule has 1 aliphatic carbocycles. The van der Waals surface area contributed by atoms with E-state index >= 15 is 0 Å². The lowest BCUT2D eigenvalue weighted by atomic mass is 10.1. The van der Waals surface area contributed by atoms with Crippen LogP contribution in [0.5, 0.6) is 0 Å². The number of amides is 1. The van der Waals surface area contributed by atoms with Crippen molar-refractivity contribution >= 4 is 6.09 Å². The van der Waals surface area contributed by atoms with Gasteiger partial charge in [0.05, 0.1) is 18.8 Å². The summed E-state index contributed by atoms with van der Waals surface area (Å²) in [6.45, 7) is 1.64. The van der Waals surface area contributed by atoms with Gasteiger partial charge in [0.25, 0.3) is 0 Å². The van der Waals surface area contributed by atoms with Crippen LogP contribution in [0, 0.1) is 0 Å². The molecule has 2 fully saturated rings. The van der Waals surface area contributed by atoms with Crippen molar-refractivity contribution in [3.8, 4) is 0 Å². The van der Waals surface area contributed by atoms with Crippen LogP contribution < -0.4 is 0 Å². The highest BCUT2D eigenvalue weighted by Crippen LogP contribution is 2.41. The Morgan fingerprint density at radius 1 is 1.40 bits per heavy atom. The quantitative estimate of drug-likeness (QED) is 0.910. The largest absolute Gasteiger partial charge is 0.445 e. The maximum absolute atomic E-state index is 12.0. The van der Waals surface area contributed by atoms with Crippen LogP contribution in [0.3, 0.4) is 0 Å². The third-order valence-corrected chi connectivity index (χ3v) is 3.89. The lowest BCUT2D eigenvalue weighted by molar-refractivity contribution is -0.0959. The van der Waals surface area contributed by atoms with Gasteiger partial charge in [-0.3, -0.25) is 0 Å². The first kappa shape index (κ1) is 13.4. The summed E-state index contributed by atoms with van der Waals surface area (Å²) in [5.74, 6) is 0. The molecule has 1 N–H and O–H groups in total. The molecule has 1 heterocycles. The first-order valence-electron chi connectivity index (χ1n) is 6.97. The van der Waals surface area contributed by atoms with Gasteiger partial charge < -0.3 is 19.5 Å². The van der Waals surface area contributed by atoms with E-state index < -0.39 is 5.60 Å². The number of ether oxygens (including phenoxy) is 2. The molecular weight excluding hydrogens is 258 g/mol. The van der Waals surface area contributed by atoms with E-state index in [4.69, 9.17) is 9.47 Å². The molecule has 1 aromatic rings. The van der Waals surface area contributed by atoms with Crippen LogP contribution in [-0.2, 0) is 16.1 Å². The number of carbonyl (C=O) groups excluding carboxylic acids is 1. The maximum atomic E-state index is 12.0. The lowest BCUT2D eigenvalue weighted by Crippen LogP contribution is -2.50. The molecule has 3 rings (SSSR count). The summed E-state index contributed by atoms with van der Waals surface area (Å²) >= 11 is 0. The zero-order valence-corrected chi connectivity index (χ0v) is 11.3. The molecule has 0 bridgehead atoms. The Balaban J connectivity index is 1.52. The van der Waals surface area contributed by atoms with Gasteiger partial charge in [-0.05, 0) is 18.4 Å². The predicted octanol–water partition coefficient (Wildman–Crippen LogP) is 1.55. The Kier molecular flexibility index (Phi) is 3.63. The molecular formula is C15H19NO4. The molecule has 1 aliphatic heterocycles. The minimum absolute atomic E-state index is 0.270. The minimum Gasteiger partial charge on any atom is -0.445 e. The van der Waals surface area contributed by atoms with Crippen LogP contribution in [0.4, 0.5) is 4.79 Å². The molecule has 1 unspecified atom stereocenters. The Hall–Kier alpha value is -1.59. The Morgan fingerprint density at radius 3 is 2.85 bits per heavy atom. The smallest absolute Gasteiger partial charge is 0.410 e. The van der Waals surface area contributed by atoms with E-state index in [1.165, 1.54) is 0 Å². The summed E-state index contributed by atoms with van der Waals surface area (Å²) in [6, 6.07) is 9.59. The van der Waals surface area contributed by atoms with Crippen molar-refractivity contribution in [1.29, 1.82) is 0 Å². The summed E-state index contributed by atoms with van der Waals surface area (Å²) in [6.07, 6.45) is 0.890. The third kappa shape index (κ3) is 2.94. The van der Waals surface area contributed by atoms with Crippen LogP contribution in [0.15, 0.2) is 30.3 Å². The zero-order chi connectivity index (χ0) is 14.0. The molecule has 1 amide bonds. The Morgan fingerprint density at radius 2 is 2.15 bits per heavy atom. The van der Waals surface area contributed by atoms with Gasteiger partial charge in [-0.2, -0.15) is 0 Å². The fraction of sp³-hybridized carbons (Fsp3) is 0.533. The van der Waals surface area contributed by atoms with Gasteiger partial charge in [0.15, 0.2) is 0 Å². The molecule has 108 valence electrons. The van der Waals surface area contributed by atoms with Gasteiger partial charge >= 0.3 is 6.09 Å². The van der Waals surface area contributed by atoms with E-state index in [1.54, 1.807) is 4.90 Å². The maximum Gasteiger partial charge on any atom is 0.410 e. The van der Waals surface area contributed by atoms with Crippen molar-refractivity contribution in [1.82, 2.24) is 4.90 Å². The van der Waals surface area contributed by atoms with Gasteiger partial charge in [0, 0.05) is 6.54 Å². The van der Waals surface area contributed by atoms with Gasteiger partial charge in [-0.15, -0.1) is 0 Å². The summed E-state index contributed by atoms with van der Waals surface area (Å²) in [7, 11) is 0. The second kappa shape index (κ2) is 5.42. The summed E-state index contributed by atoms with van der Waals surface area (Å²) < 4.78 is 10.8. The van der Waals surface area contributed by atoms with Crippen molar-refractivity contribution in [3.05, 3.63) is 35.9 Å². The average molecular weight is 277 g/mol. The molecule has 1 aromatic carbocycles. The zero-order valence-electron chi connectivity index (χ0n) is 11.3. The van der Waals surface area contributed by atoms with Gasteiger partial charge in [0.2, 0.25) is 0 Å². The van der Waals surface area contributed by atoms with E-state index in [-0.39, 0.29) is 18.8 Å². The monoisotopic (exact) mass is 277 g/mol. The SMILES string of the molecule is O=C(OCc1ccccc1)N1CCOC(C2(O)CC2)C1. The molecule has 1 saturated carbocycles. The molecule has 5 nitrogen and oxygen atoms in total. The van der Waals surface area contributed by atoms with Gasteiger partial charge in [-0.25, -0.2) is 4.79 Å². The highest BCUT2D eigenvalue weighted by molar-refractivity contribution is 5.67. The fourth-order valence-corrected chi connectivity index (χ4v) is 2.40. The highest BCUT2D eigenvalue weighted by atomic mass is 16.6. The van der Waals surface area contributed by atoms with Crippen molar-refractivity contribution < 1.29 is 19.4 Å². The first-order valence-corrected chi connectivity index (χ1v) is 6.97. The number of hydrogen-bond acceptors (Lipinski definition) is 4. The molecule has 0 radical (unpaired) electrons. The van der Waals surface area contributed by atoms with Crippen LogP contribution in [0.1, 0.15) is 18.4 Å². The van der Waals surface area contributed by atoms with Crippen LogP contribution in [0.25, 0.3) is 0 Å². The molecule has 1 saturated heterocycles. The number of benzene rings is 1. The van der Waals surface area contributed by atoms with Crippen molar-refractivity contribution in [2.24, 2.45) is 0 Å². The number of morpholine rings is 1. The first-order chi connectivity index (χ1) is 9.67. The second-order valence-electron chi connectivity index (χ2n) is 5.45. The molecule has 0 spiro atoms. The number of rotatable bonds is 3. The molecule has 0 aromatic heterocycles. The van der Waals surface area contributed by atoms with Crippen molar-refractivity contribution in [3.63, 3.8) is 0 Å². The second-order valence-corrected chi connectivity index (χ2v) is 5.45.